The minimum Gasteiger partial charge on any atom is -0.497 e. The third-order valence-electron chi connectivity index (χ3n) is 5.00. The van der Waals surface area contributed by atoms with Gasteiger partial charge in [0.15, 0.2) is 0 Å². The van der Waals surface area contributed by atoms with Crippen LogP contribution < -0.4 is 14.4 Å². The lowest BCUT2D eigenvalue weighted by Crippen LogP contribution is -2.57. The molecule has 2 aromatic rings. The van der Waals surface area contributed by atoms with Gasteiger partial charge >= 0.3 is 0 Å². The van der Waals surface area contributed by atoms with Gasteiger partial charge in [0, 0.05) is 30.9 Å². The van der Waals surface area contributed by atoms with E-state index in [0.717, 1.165) is 5.69 Å². The molecule has 0 N–H and O–H groups in total. The predicted molar refractivity (Wildman–Crippen MR) is 104 cm³/mol. The molecule has 2 aliphatic heterocycles. The van der Waals surface area contributed by atoms with Crippen LogP contribution >= 0.6 is 11.6 Å². The number of pyridine rings is 1. The summed E-state index contributed by atoms with van der Waals surface area (Å²) in [5.41, 5.74) is 0.745. The van der Waals surface area contributed by atoms with Crippen molar-refractivity contribution in [1.82, 2.24) is 9.88 Å². The van der Waals surface area contributed by atoms with Gasteiger partial charge in [-0.2, -0.15) is 0 Å². The topological polar surface area (TPSA) is 72.0 Å². The molecule has 2 amide bonds. The summed E-state index contributed by atoms with van der Waals surface area (Å²) in [7, 11) is 1.58. The van der Waals surface area contributed by atoms with Crippen LogP contribution in [-0.2, 0) is 9.59 Å². The zero-order valence-electron chi connectivity index (χ0n) is 15.4. The Hall–Kier alpha value is -2.80. The van der Waals surface area contributed by atoms with Gasteiger partial charge in [-0.3, -0.25) is 9.59 Å². The van der Waals surface area contributed by atoms with Gasteiger partial charge in [-0.1, -0.05) is 17.7 Å². The molecule has 7 nitrogen and oxygen atoms in total. The molecule has 3 heterocycles. The number of benzene rings is 1. The number of amides is 2. The molecule has 4 rings (SSSR count). The van der Waals surface area contributed by atoms with Crippen molar-refractivity contribution in [3.63, 3.8) is 0 Å². The van der Waals surface area contributed by atoms with E-state index in [0.29, 0.717) is 36.3 Å². The number of aromatic nitrogens is 1. The number of hydrogen-bond acceptors (Lipinski definition) is 5. The van der Waals surface area contributed by atoms with Crippen LogP contribution in [0.25, 0.3) is 0 Å². The van der Waals surface area contributed by atoms with Gasteiger partial charge in [-0.25, -0.2) is 4.98 Å². The number of ether oxygens (including phenoxy) is 2. The first-order chi connectivity index (χ1) is 13.5. The van der Waals surface area contributed by atoms with Gasteiger partial charge in [-0.05, 0) is 24.3 Å². The van der Waals surface area contributed by atoms with Crippen LogP contribution in [0.2, 0.25) is 5.02 Å². The fourth-order valence-corrected chi connectivity index (χ4v) is 3.63. The molecule has 2 saturated heterocycles. The fourth-order valence-electron chi connectivity index (χ4n) is 3.47. The van der Waals surface area contributed by atoms with Gasteiger partial charge in [0.1, 0.15) is 16.9 Å². The van der Waals surface area contributed by atoms with Crippen LogP contribution in [0.1, 0.15) is 6.42 Å². The first kappa shape index (κ1) is 18.6. The number of likely N-dealkylation sites (tertiary alicyclic amines) is 1. The molecule has 0 radical (unpaired) electrons. The van der Waals surface area contributed by atoms with Crippen molar-refractivity contribution in [3.05, 3.63) is 47.6 Å². The molecule has 1 aromatic carbocycles. The molecule has 0 spiro atoms. The van der Waals surface area contributed by atoms with Gasteiger partial charge < -0.3 is 19.3 Å². The largest absolute Gasteiger partial charge is 0.497 e. The van der Waals surface area contributed by atoms with Crippen molar-refractivity contribution >= 4 is 29.1 Å². The van der Waals surface area contributed by atoms with Crippen LogP contribution in [0.4, 0.5) is 5.69 Å². The van der Waals surface area contributed by atoms with Crippen LogP contribution in [0, 0.1) is 5.92 Å². The minimum absolute atomic E-state index is 0.0225. The first-order valence-electron chi connectivity index (χ1n) is 9.05. The Bertz CT molecular complexity index is 901. The first-order valence-corrected chi connectivity index (χ1v) is 9.43. The minimum atomic E-state index is -0.349. The van der Waals surface area contributed by atoms with Crippen LogP contribution in [0.5, 0.6) is 11.6 Å². The van der Waals surface area contributed by atoms with E-state index >= 15 is 0 Å². The molecule has 1 unspecified atom stereocenters. The number of nitrogens with zero attached hydrogens (tertiary/aromatic N) is 3. The van der Waals surface area contributed by atoms with Gasteiger partial charge in [0.2, 0.25) is 17.7 Å². The summed E-state index contributed by atoms with van der Waals surface area (Å²) in [5.74, 6) is 0.626. The SMILES string of the molecule is COc1cccc(N2CC(C(=O)N3CC(Oc4ncccc4Cl)C3)CC2=O)c1. The van der Waals surface area contributed by atoms with Crippen LogP contribution in [0.15, 0.2) is 42.6 Å². The van der Waals surface area contributed by atoms with E-state index < -0.39 is 0 Å². The second kappa shape index (κ2) is 7.67. The average molecular weight is 402 g/mol. The van der Waals surface area contributed by atoms with E-state index in [1.807, 2.05) is 18.2 Å². The van der Waals surface area contributed by atoms with Crippen molar-refractivity contribution in [2.24, 2.45) is 5.92 Å². The molecular weight excluding hydrogens is 382 g/mol. The number of carbonyl (C=O) groups is 2. The maximum absolute atomic E-state index is 12.8. The molecule has 28 heavy (non-hydrogen) atoms. The van der Waals surface area contributed by atoms with E-state index in [2.05, 4.69) is 4.98 Å². The molecule has 2 fully saturated rings. The van der Waals surface area contributed by atoms with E-state index in [-0.39, 0.29) is 30.3 Å². The summed E-state index contributed by atoms with van der Waals surface area (Å²) in [5, 5.41) is 0.447. The second-order valence-corrected chi connectivity index (χ2v) is 7.29. The number of halogens is 1. The van der Waals surface area contributed by atoms with Crippen molar-refractivity contribution in [1.29, 1.82) is 0 Å². The monoisotopic (exact) mass is 401 g/mol. The van der Waals surface area contributed by atoms with Crippen molar-refractivity contribution < 1.29 is 19.1 Å². The fraction of sp³-hybridized carbons (Fsp3) is 0.350. The summed E-state index contributed by atoms with van der Waals surface area (Å²) in [6.45, 7) is 1.31. The maximum atomic E-state index is 12.8. The van der Waals surface area contributed by atoms with Gasteiger partial charge in [-0.15, -0.1) is 0 Å². The molecule has 146 valence electrons. The highest BCUT2D eigenvalue weighted by molar-refractivity contribution is 6.31. The Morgan fingerprint density at radius 1 is 1.21 bits per heavy atom. The van der Waals surface area contributed by atoms with E-state index in [1.54, 1.807) is 41.3 Å². The predicted octanol–water partition coefficient (Wildman–Crippen LogP) is 2.39. The highest BCUT2D eigenvalue weighted by Crippen LogP contribution is 2.30. The number of carbonyl (C=O) groups excluding carboxylic acids is 2. The Labute approximate surface area is 167 Å². The third-order valence-corrected chi connectivity index (χ3v) is 5.29. The molecule has 8 heteroatoms. The number of hydrogen-bond donors (Lipinski definition) is 0. The lowest BCUT2D eigenvalue weighted by molar-refractivity contribution is -0.144. The lowest BCUT2D eigenvalue weighted by atomic mass is 10.0. The Morgan fingerprint density at radius 3 is 2.79 bits per heavy atom. The molecule has 1 aromatic heterocycles. The molecule has 0 bridgehead atoms. The summed E-state index contributed by atoms with van der Waals surface area (Å²) < 4.78 is 10.9. The quantitative estimate of drug-likeness (QED) is 0.769. The molecular formula is C20H20ClN3O4. The summed E-state index contributed by atoms with van der Waals surface area (Å²) in [6.07, 6.45) is 1.69. The normalized spacial score (nSPS) is 19.5. The molecule has 0 saturated carbocycles. The zero-order valence-corrected chi connectivity index (χ0v) is 16.1. The van der Waals surface area contributed by atoms with Crippen LogP contribution in [0.3, 0.4) is 0 Å². The zero-order chi connectivity index (χ0) is 19.7. The number of rotatable bonds is 5. The maximum Gasteiger partial charge on any atom is 0.232 e. The Kier molecular flexibility index (Phi) is 5.09. The summed E-state index contributed by atoms with van der Waals surface area (Å²) >= 11 is 6.04. The van der Waals surface area contributed by atoms with Crippen molar-refractivity contribution in [2.75, 3.05) is 31.6 Å². The molecule has 1 atom stereocenters. The number of methoxy groups -OCH3 is 1. The summed E-state index contributed by atoms with van der Waals surface area (Å²) in [6, 6.07) is 10.7. The van der Waals surface area contributed by atoms with Crippen molar-refractivity contribution in [3.8, 4) is 11.6 Å². The Balaban J connectivity index is 1.34. The highest BCUT2D eigenvalue weighted by Gasteiger charge is 2.41. The van der Waals surface area contributed by atoms with E-state index in [1.165, 1.54) is 0 Å². The lowest BCUT2D eigenvalue weighted by Gasteiger charge is -2.39. The Morgan fingerprint density at radius 2 is 2.04 bits per heavy atom. The van der Waals surface area contributed by atoms with Gasteiger partial charge in [0.25, 0.3) is 0 Å². The number of anilines is 1. The third kappa shape index (κ3) is 3.62. The smallest absolute Gasteiger partial charge is 0.232 e. The average Bonchev–Trinajstić information content (AvgIpc) is 3.07. The highest BCUT2D eigenvalue weighted by atomic mass is 35.5. The van der Waals surface area contributed by atoms with E-state index in [9.17, 15) is 9.59 Å². The van der Waals surface area contributed by atoms with Crippen molar-refractivity contribution in [2.45, 2.75) is 12.5 Å². The molecule has 0 aliphatic carbocycles. The molecule has 2 aliphatic rings. The second-order valence-electron chi connectivity index (χ2n) is 6.88. The van der Waals surface area contributed by atoms with E-state index in [4.69, 9.17) is 21.1 Å². The summed E-state index contributed by atoms with van der Waals surface area (Å²) in [4.78, 5) is 32.6. The standard InChI is InChI=1S/C20H20ClN3O4/c1-27-15-5-2-4-14(9-15)24-10-13(8-18(24)25)20(26)23-11-16(12-23)28-19-17(21)6-3-7-22-19/h2-7,9,13,16H,8,10-12H2,1H3. The van der Waals surface area contributed by atoms with Crippen LogP contribution in [-0.4, -0.2) is 54.5 Å². The van der Waals surface area contributed by atoms with Gasteiger partial charge in [0.05, 0.1) is 26.1 Å².